The molecule has 0 saturated carbocycles. The Morgan fingerprint density at radius 2 is 2.12 bits per heavy atom. The van der Waals surface area contributed by atoms with Crippen LogP contribution in [0.25, 0.3) is 0 Å². The first-order valence-corrected chi connectivity index (χ1v) is 8.63. The van der Waals surface area contributed by atoms with Crippen molar-refractivity contribution in [1.29, 1.82) is 0 Å². The van der Waals surface area contributed by atoms with Gasteiger partial charge >= 0.3 is 0 Å². The van der Waals surface area contributed by atoms with Gasteiger partial charge in [0, 0.05) is 19.6 Å². The smallest absolute Gasteiger partial charge is 0.188 e. The number of ether oxygens (including phenoxy) is 1. The van der Waals surface area contributed by atoms with Crippen molar-refractivity contribution in [1.82, 2.24) is 10.2 Å². The van der Waals surface area contributed by atoms with E-state index >= 15 is 0 Å². The van der Waals surface area contributed by atoms with Gasteiger partial charge in [0.2, 0.25) is 0 Å². The Morgan fingerprint density at radius 1 is 1.38 bits per heavy atom. The molecule has 0 aromatic heterocycles. The van der Waals surface area contributed by atoms with Gasteiger partial charge in [0.1, 0.15) is 0 Å². The van der Waals surface area contributed by atoms with Crippen molar-refractivity contribution in [2.75, 3.05) is 39.4 Å². The van der Waals surface area contributed by atoms with Crippen LogP contribution in [0.1, 0.15) is 36.9 Å². The fraction of sp³-hybridized carbons (Fsp3) is 0.611. The molecule has 0 radical (unpaired) electrons. The highest BCUT2D eigenvalue weighted by molar-refractivity contribution is 14.0. The van der Waals surface area contributed by atoms with Crippen LogP contribution < -0.4 is 11.1 Å². The minimum absolute atomic E-state index is 0. The number of unbranched alkanes of at least 4 members (excludes halogenated alkanes) is 1. The highest BCUT2D eigenvalue weighted by Gasteiger charge is 2.22. The van der Waals surface area contributed by atoms with Gasteiger partial charge in [-0.05, 0) is 18.9 Å². The number of nitrogens with one attached hydrogen (secondary N) is 1. The van der Waals surface area contributed by atoms with Gasteiger partial charge in [0.25, 0.3) is 0 Å². The van der Waals surface area contributed by atoms with Gasteiger partial charge in [0.05, 0.1) is 25.8 Å². The van der Waals surface area contributed by atoms with Crippen molar-refractivity contribution >= 4 is 29.9 Å². The van der Waals surface area contributed by atoms with Crippen molar-refractivity contribution in [2.45, 2.75) is 32.7 Å². The molecule has 136 valence electrons. The maximum atomic E-state index is 6.00. The summed E-state index contributed by atoms with van der Waals surface area (Å²) in [4.78, 5) is 7.02. The average molecular weight is 446 g/mol. The van der Waals surface area contributed by atoms with Gasteiger partial charge in [-0.3, -0.25) is 9.89 Å². The zero-order valence-electron chi connectivity index (χ0n) is 14.8. The molecule has 6 heteroatoms. The van der Waals surface area contributed by atoms with Gasteiger partial charge in [-0.25, -0.2) is 0 Å². The fourth-order valence-electron chi connectivity index (χ4n) is 2.83. The van der Waals surface area contributed by atoms with Crippen LogP contribution in [0.2, 0.25) is 0 Å². The number of rotatable bonds is 7. The number of morpholine rings is 1. The lowest BCUT2D eigenvalue weighted by molar-refractivity contribution is 0.0180. The maximum absolute atomic E-state index is 6.00. The molecule has 1 unspecified atom stereocenters. The first-order valence-electron chi connectivity index (χ1n) is 8.63. The molecule has 1 saturated heterocycles. The Morgan fingerprint density at radius 3 is 2.79 bits per heavy atom. The van der Waals surface area contributed by atoms with E-state index in [1.165, 1.54) is 11.1 Å². The number of benzene rings is 1. The second-order valence-corrected chi connectivity index (χ2v) is 6.08. The van der Waals surface area contributed by atoms with Gasteiger partial charge in [0.15, 0.2) is 5.96 Å². The summed E-state index contributed by atoms with van der Waals surface area (Å²) in [5.74, 6) is 0.546. The van der Waals surface area contributed by atoms with Gasteiger partial charge in [-0.1, -0.05) is 43.2 Å². The summed E-state index contributed by atoms with van der Waals surface area (Å²) in [6.45, 7) is 9.32. The number of hydrogen-bond acceptors (Lipinski definition) is 3. The molecule has 24 heavy (non-hydrogen) atoms. The molecule has 0 amide bonds. The van der Waals surface area contributed by atoms with Crippen LogP contribution in [-0.4, -0.2) is 50.3 Å². The lowest BCUT2D eigenvalue weighted by Gasteiger charge is -2.34. The Kier molecular flexibility index (Phi) is 10.3. The van der Waals surface area contributed by atoms with E-state index in [0.717, 1.165) is 45.7 Å². The van der Waals surface area contributed by atoms with E-state index < -0.39 is 0 Å². The van der Waals surface area contributed by atoms with Crippen LogP contribution in [0, 0.1) is 6.92 Å². The molecule has 5 nitrogen and oxygen atoms in total. The molecular formula is C18H31IN4O. The van der Waals surface area contributed by atoms with Crippen LogP contribution in [-0.2, 0) is 4.74 Å². The summed E-state index contributed by atoms with van der Waals surface area (Å²) in [6, 6.07) is 8.93. The van der Waals surface area contributed by atoms with Crippen molar-refractivity contribution in [3.8, 4) is 0 Å². The molecule has 1 aromatic carbocycles. The summed E-state index contributed by atoms with van der Waals surface area (Å²) in [7, 11) is 0. The Balaban J connectivity index is 0.00000288. The third-order valence-corrected chi connectivity index (χ3v) is 4.18. The quantitative estimate of drug-likeness (QED) is 0.293. The van der Waals surface area contributed by atoms with Crippen LogP contribution in [0.4, 0.5) is 0 Å². The second kappa shape index (κ2) is 11.7. The molecule has 1 atom stereocenters. The molecule has 0 spiro atoms. The van der Waals surface area contributed by atoms with Gasteiger partial charge in [-0.2, -0.15) is 0 Å². The average Bonchev–Trinajstić information content (AvgIpc) is 2.56. The van der Waals surface area contributed by atoms with Crippen LogP contribution in [0.3, 0.4) is 0 Å². The van der Waals surface area contributed by atoms with Crippen LogP contribution in [0.15, 0.2) is 29.3 Å². The van der Waals surface area contributed by atoms with E-state index in [4.69, 9.17) is 10.5 Å². The van der Waals surface area contributed by atoms with E-state index in [2.05, 4.69) is 53.3 Å². The SMILES string of the molecule is CCCCNC(N)=NCC(c1cccc(C)c1)N1CCOCC1.I. The first kappa shape index (κ1) is 21.2. The highest BCUT2D eigenvalue weighted by atomic mass is 127. The minimum Gasteiger partial charge on any atom is -0.379 e. The van der Waals surface area contributed by atoms with Crippen molar-refractivity contribution in [3.05, 3.63) is 35.4 Å². The van der Waals surface area contributed by atoms with Crippen molar-refractivity contribution in [3.63, 3.8) is 0 Å². The summed E-state index contributed by atoms with van der Waals surface area (Å²) in [5, 5.41) is 3.19. The van der Waals surface area contributed by atoms with Gasteiger partial charge in [-0.15, -0.1) is 24.0 Å². The Labute approximate surface area is 163 Å². The Bertz CT molecular complexity index is 504. The number of aryl methyl sites for hydroxylation is 1. The highest BCUT2D eigenvalue weighted by Crippen LogP contribution is 2.23. The van der Waals surface area contributed by atoms with Crippen LogP contribution >= 0.6 is 24.0 Å². The molecule has 1 aliphatic rings. The first-order chi connectivity index (χ1) is 11.2. The summed E-state index contributed by atoms with van der Waals surface area (Å²) in [6.07, 6.45) is 2.26. The number of guanidine groups is 1. The number of nitrogens with zero attached hydrogens (tertiary/aromatic N) is 2. The zero-order chi connectivity index (χ0) is 16.5. The van der Waals surface area contributed by atoms with Crippen molar-refractivity contribution in [2.24, 2.45) is 10.7 Å². The predicted molar refractivity (Wildman–Crippen MR) is 111 cm³/mol. The number of nitrogens with two attached hydrogens (primary N) is 1. The summed E-state index contributed by atoms with van der Waals surface area (Å²) in [5.41, 5.74) is 8.58. The summed E-state index contributed by atoms with van der Waals surface area (Å²) >= 11 is 0. The molecule has 1 aromatic rings. The van der Waals surface area contributed by atoms with E-state index in [0.29, 0.717) is 12.5 Å². The third kappa shape index (κ3) is 6.94. The fourth-order valence-corrected chi connectivity index (χ4v) is 2.83. The maximum Gasteiger partial charge on any atom is 0.188 e. The van der Waals surface area contributed by atoms with Gasteiger partial charge < -0.3 is 15.8 Å². The lowest BCUT2D eigenvalue weighted by Crippen LogP contribution is -2.41. The zero-order valence-corrected chi connectivity index (χ0v) is 17.2. The standard InChI is InChI=1S/C18H30N4O.HI/c1-3-4-8-20-18(19)21-14-17(22-9-11-23-12-10-22)16-7-5-6-15(2)13-16;/h5-7,13,17H,3-4,8-12,14H2,1-2H3,(H3,19,20,21);1H. The third-order valence-electron chi connectivity index (χ3n) is 4.18. The van der Waals surface area contributed by atoms with E-state index in [9.17, 15) is 0 Å². The molecule has 0 bridgehead atoms. The number of hydrogen-bond donors (Lipinski definition) is 2. The molecular weight excluding hydrogens is 415 g/mol. The second-order valence-electron chi connectivity index (χ2n) is 6.08. The monoisotopic (exact) mass is 446 g/mol. The number of halogens is 1. The molecule has 1 heterocycles. The molecule has 1 aliphatic heterocycles. The molecule has 0 aliphatic carbocycles. The van der Waals surface area contributed by atoms with E-state index in [1.807, 2.05) is 0 Å². The van der Waals surface area contributed by atoms with Crippen molar-refractivity contribution < 1.29 is 4.74 Å². The summed E-state index contributed by atoms with van der Waals surface area (Å²) < 4.78 is 5.49. The normalized spacial score (nSPS) is 17.2. The number of aliphatic imine (C=N–C) groups is 1. The molecule has 2 rings (SSSR count). The molecule has 1 fully saturated rings. The predicted octanol–water partition coefficient (Wildman–Crippen LogP) is 2.69. The largest absolute Gasteiger partial charge is 0.379 e. The molecule has 3 N–H and O–H groups in total. The topological polar surface area (TPSA) is 62.9 Å². The minimum atomic E-state index is 0. The van der Waals surface area contributed by atoms with E-state index in [-0.39, 0.29) is 30.0 Å². The lowest BCUT2D eigenvalue weighted by atomic mass is 10.0. The Hall–Kier alpha value is -0.860. The van der Waals surface area contributed by atoms with Crippen LogP contribution in [0.5, 0.6) is 0 Å². The van der Waals surface area contributed by atoms with E-state index in [1.54, 1.807) is 0 Å².